The van der Waals surface area contributed by atoms with E-state index in [-0.39, 0.29) is 27.5 Å². The Balaban J connectivity index is 0.948. The van der Waals surface area contributed by atoms with Gasteiger partial charge in [0, 0.05) is 67.8 Å². The third-order valence-corrected chi connectivity index (χ3v) is 14.5. The molecule has 4 saturated carbocycles. The number of para-hydroxylation sites is 1. The number of hydrogen-bond donors (Lipinski definition) is 2. The van der Waals surface area contributed by atoms with Gasteiger partial charge >= 0.3 is 5.97 Å². The Morgan fingerprint density at radius 2 is 1.76 bits per heavy atom. The summed E-state index contributed by atoms with van der Waals surface area (Å²) in [6.07, 6.45) is 11.4. The van der Waals surface area contributed by atoms with E-state index in [0.717, 1.165) is 122 Å². The van der Waals surface area contributed by atoms with Crippen molar-refractivity contribution < 1.29 is 19.4 Å². The van der Waals surface area contributed by atoms with Crippen LogP contribution >= 0.6 is 11.3 Å². The summed E-state index contributed by atoms with van der Waals surface area (Å²) in [5, 5.41) is 29.0. The van der Waals surface area contributed by atoms with Gasteiger partial charge in [-0.05, 0) is 119 Å². The molecule has 312 valence electrons. The van der Waals surface area contributed by atoms with E-state index in [1.54, 1.807) is 18.4 Å². The van der Waals surface area contributed by atoms with E-state index in [2.05, 4.69) is 65.9 Å². The number of anilines is 4. The summed E-state index contributed by atoms with van der Waals surface area (Å²) in [5.74, 6) is 0.842. The van der Waals surface area contributed by atoms with Gasteiger partial charge in [-0.25, -0.2) is 14.8 Å². The number of carboxylic acid groups (broad SMARTS) is 1. The smallest absolute Gasteiger partial charge is 0.355 e. The molecule has 5 heterocycles. The van der Waals surface area contributed by atoms with Gasteiger partial charge in [-0.3, -0.25) is 4.68 Å². The number of benzene rings is 1. The summed E-state index contributed by atoms with van der Waals surface area (Å²) < 4.78 is 15.5. The van der Waals surface area contributed by atoms with Gasteiger partial charge in [0.25, 0.3) is 0 Å². The van der Waals surface area contributed by atoms with E-state index >= 15 is 0 Å². The fourth-order valence-corrected chi connectivity index (χ4v) is 13.1. The molecule has 2 unspecified atom stereocenters. The lowest BCUT2D eigenvalue weighted by Gasteiger charge is -2.69. The Labute approximate surface area is 350 Å². The fraction of sp³-hybridized carbons (Fsp3) is 0.556. The molecule has 10 rings (SSSR count). The van der Waals surface area contributed by atoms with Gasteiger partial charge in [0.1, 0.15) is 5.82 Å². The van der Waals surface area contributed by atoms with Crippen molar-refractivity contribution in [1.82, 2.24) is 34.8 Å². The van der Waals surface area contributed by atoms with E-state index < -0.39 is 5.97 Å². The molecule has 4 aromatic heterocycles. The van der Waals surface area contributed by atoms with Gasteiger partial charge in [0.05, 0.1) is 28.6 Å². The number of carboxylic acids is 1. The maximum Gasteiger partial charge on any atom is 0.355 e. The standard InChI is InChI=1S/C45H57N9O4S/c1-29-31-11-9-17-53(39(31)51-50-38(29)49-41-47-34-12-7-8-13-35(34)59-41)36-15-14-32(37(48-36)40(55)56)33-21-46-54(30(33)2)28-44-23-42(3)22-43(4,24-44)26-45(25-42,27-44)58-20-18-52(5)16-10-19-57-6/h7-8,12-15,21H,9-11,16-20,22-28H2,1-6H3,(H,55,56)(H,47,49,50)/t42-,43+,44?,45?. The van der Waals surface area contributed by atoms with Gasteiger partial charge in [0.15, 0.2) is 22.5 Å². The summed E-state index contributed by atoms with van der Waals surface area (Å²) in [6.45, 7) is 13.9. The topological polar surface area (TPSA) is 144 Å². The van der Waals surface area contributed by atoms with Crippen LogP contribution in [0.25, 0.3) is 21.3 Å². The lowest BCUT2D eigenvalue weighted by atomic mass is 9.39. The average Bonchev–Trinajstić information content (AvgIpc) is 3.75. The summed E-state index contributed by atoms with van der Waals surface area (Å²) in [6, 6.07) is 11.9. The Kier molecular flexibility index (Phi) is 10.3. The number of thiazole rings is 1. The highest BCUT2D eigenvalue weighted by atomic mass is 32.1. The third-order valence-electron chi connectivity index (χ3n) is 13.6. The molecule has 14 heteroatoms. The van der Waals surface area contributed by atoms with Crippen LogP contribution in [0.2, 0.25) is 0 Å². The number of rotatable bonds is 15. The Morgan fingerprint density at radius 1 is 0.966 bits per heavy atom. The van der Waals surface area contributed by atoms with E-state index in [0.29, 0.717) is 29.6 Å². The molecule has 0 saturated heterocycles. The van der Waals surface area contributed by atoms with Gasteiger partial charge in [-0.15, -0.1) is 10.2 Å². The van der Waals surface area contributed by atoms with Crippen molar-refractivity contribution in [3.8, 4) is 11.1 Å². The number of fused-ring (bicyclic) bond motifs is 2. The second-order valence-electron chi connectivity index (χ2n) is 18.9. The SMILES string of the molecule is COCCCN(C)CCOC12CC3(Cn4ncc(-c5ccc(N6CCCc7c6nnc(Nc6nc8ccccc8s6)c7C)nc5C(=O)O)c4C)C[C@@](C)(C1)C[C@](C)(C3)C2. The van der Waals surface area contributed by atoms with Crippen molar-refractivity contribution in [3.05, 3.63) is 65.1 Å². The quantitative estimate of drug-likeness (QED) is 0.0977. The van der Waals surface area contributed by atoms with Crippen LogP contribution in [0.4, 0.5) is 22.6 Å². The number of methoxy groups -OCH3 is 1. The highest BCUT2D eigenvalue weighted by molar-refractivity contribution is 7.22. The molecule has 4 aliphatic carbocycles. The first-order valence-corrected chi connectivity index (χ1v) is 22.0. The molecule has 5 aliphatic rings. The number of carbonyl (C=O) groups is 1. The largest absolute Gasteiger partial charge is 0.476 e. The molecule has 59 heavy (non-hydrogen) atoms. The summed E-state index contributed by atoms with van der Waals surface area (Å²) in [7, 11) is 3.93. The van der Waals surface area contributed by atoms with Crippen LogP contribution in [0.3, 0.4) is 0 Å². The molecule has 4 fully saturated rings. The first-order valence-electron chi connectivity index (χ1n) is 21.1. The van der Waals surface area contributed by atoms with Crippen molar-refractivity contribution in [2.24, 2.45) is 16.2 Å². The highest BCUT2D eigenvalue weighted by Crippen LogP contribution is 2.72. The van der Waals surface area contributed by atoms with Gasteiger partial charge in [-0.2, -0.15) is 5.10 Å². The Bertz CT molecular complexity index is 2340. The highest BCUT2D eigenvalue weighted by Gasteiger charge is 2.66. The molecule has 1 aromatic carbocycles. The van der Waals surface area contributed by atoms with E-state index in [1.165, 1.54) is 6.42 Å². The normalized spacial score (nSPS) is 25.9. The summed E-state index contributed by atoms with van der Waals surface area (Å²) in [5.41, 5.74) is 5.70. The number of aromatic nitrogens is 6. The van der Waals surface area contributed by atoms with Crippen molar-refractivity contribution in [3.63, 3.8) is 0 Å². The average molecular weight is 820 g/mol. The molecular formula is C45H57N9O4S. The first kappa shape index (κ1) is 39.9. The number of nitrogens with one attached hydrogen (secondary N) is 1. The summed E-state index contributed by atoms with van der Waals surface area (Å²) in [4.78, 5) is 26.8. The zero-order valence-corrected chi connectivity index (χ0v) is 36.1. The molecule has 1 aliphatic heterocycles. The lowest BCUT2D eigenvalue weighted by molar-refractivity contribution is -0.248. The number of nitrogens with zero attached hydrogens (tertiary/aromatic N) is 8. The zero-order valence-electron chi connectivity index (χ0n) is 35.3. The Hall–Kier alpha value is -4.50. The van der Waals surface area contributed by atoms with Crippen LogP contribution in [0.5, 0.6) is 0 Å². The molecule has 0 amide bonds. The van der Waals surface area contributed by atoms with E-state index in [1.807, 2.05) is 41.4 Å². The van der Waals surface area contributed by atoms with Crippen LogP contribution in [-0.2, 0) is 22.4 Å². The van der Waals surface area contributed by atoms with E-state index in [4.69, 9.17) is 24.5 Å². The van der Waals surface area contributed by atoms with Crippen molar-refractivity contribution in [2.45, 2.75) is 97.6 Å². The molecular weight excluding hydrogens is 763 g/mol. The minimum Gasteiger partial charge on any atom is -0.476 e. The first-order chi connectivity index (χ1) is 28.3. The molecule has 13 nitrogen and oxygen atoms in total. The third kappa shape index (κ3) is 7.62. The predicted octanol–water partition coefficient (Wildman–Crippen LogP) is 8.59. The lowest BCUT2D eigenvalue weighted by Crippen LogP contribution is -2.64. The number of aromatic carboxylic acids is 1. The second-order valence-corrected chi connectivity index (χ2v) is 19.9. The minimum atomic E-state index is -1.07. The van der Waals surface area contributed by atoms with Gasteiger partial charge in [0.2, 0.25) is 0 Å². The van der Waals surface area contributed by atoms with Crippen molar-refractivity contribution >= 4 is 50.1 Å². The Morgan fingerprint density at radius 3 is 2.53 bits per heavy atom. The molecule has 5 aromatic rings. The van der Waals surface area contributed by atoms with Crippen LogP contribution in [-0.4, -0.2) is 98.5 Å². The number of hydrogen-bond acceptors (Lipinski definition) is 12. The van der Waals surface area contributed by atoms with Gasteiger partial charge < -0.3 is 29.7 Å². The molecule has 0 spiro atoms. The van der Waals surface area contributed by atoms with Crippen LogP contribution < -0.4 is 10.2 Å². The van der Waals surface area contributed by atoms with Crippen LogP contribution in [0, 0.1) is 30.1 Å². The number of likely N-dealkylation sites (N-methyl/N-ethyl adjacent to an activating group) is 1. The summed E-state index contributed by atoms with van der Waals surface area (Å²) >= 11 is 1.58. The minimum absolute atomic E-state index is 0.00504. The van der Waals surface area contributed by atoms with Crippen molar-refractivity contribution in [2.75, 3.05) is 57.2 Å². The molecule has 2 N–H and O–H groups in total. The molecule has 0 radical (unpaired) electrons. The predicted molar refractivity (Wildman–Crippen MR) is 231 cm³/mol. The second kappa shape index (κ2) is 15.2. The van der Waals surface area contributed by atoms with E-state index in [9.17, 15) is 9.90 Å². The van der Waals surface area contributed by atoms with Crippen LogP contribution in [0.15, 0.2) is 42.6 Å². The maximum atomic E-state index is 13.0. The zero-order chi connectivity index (χ0) is 41.2. The monoisotopic (exact) mass is 819 g/mol. The van der Waals surface area contributed by atoms with Gasteiger partial charge in [-0.1, -0.05) is 37.3 Å². The number of pyridine rings is 1. The molecule has 4 bridgehead atoms. The fourth-order valence-electron chi connectivity index (χ4n) is 12.3. The van der Waals surface area contributed by atoms with Crippen molar-refractivity contribution in [1.29, 1.82) is 0 Å². The number of ether oxygens (including phenoxy) is 2. The molecule has 4 atom stereocenters. The van der Waals surface area contributed by atoms with Crippen LogP contribution in [0.1, 0.15) is 92.5 Å². The maximum absolute atomic E-state index is 13.0.